The molecule has 94 valence electrons. The summed E-state index contributed by atoms with van der Waals surface area (Å²) < 4.78 is 10.2. The summed E-state index contributed by atoms with van der Waals surface area (Å²) >= 11 is 7.29. The molecule has 17 heavy (non-hydrogen) atoms. The number of hydrogen-bond acceptors (Lipinski definition) is 1. The first-order chi connectivity index (χ1) is 8.02. The lowest BCUT2D eigenvalue weighted by Gasteiger charge is -2.20. The van der Waals surface area contributed by atoms with E-state index in [1.165, 1.54) is 47.5 Å². The Labute approximate surface area is 144 Å². The van der Waals surface area contributed by atoms with Gasteiger partial charge in [-0.2, -0.15) is 0 Å². The molecule has 0 heterocycles. The molecule has 0 spiro atoms. The Bertz CT molecular complexity index is 408. The molecule has 1 aliphatic carbocycles. The van der Waals surface area contributed by atoms with Crippen LogP contribution in [0.4, 0.5) is 0 Å². The third-order valence-corrected chi connectivity index (χ3v) is 7.52. The molecule has 4 heteroatoms. The monoisotopic (exact) mass is 568 g/mol. The van der Waals surface area contributed by atoms with E-state index in [0.29, 0.717) is 6.10 Å². The van der Waals surface area contributed by atoms with Crippen molar-refractivity contribution >= 4 is 67.8 Å². The summed E-state index contributed by atoms with van der Waals surface area (Å²) in [5.41, 5.74) is 2.72. The topological polar surface area (TPSA) is 9.23 Å². The lowest BCUT2D eigenvalue weighted by Crippen LogP contribution is -2.14. The Kier molecular flexibility index (Phi) is 5.25. The normalized spacial score (nSPS) is 16.5. The second-order valence-corrected chi connectivity index (χ2v) is 7.78. The fourth-order valence-electron chi connectivity index (χ4n) is 2.19. The van der Waals surface area contributed by atoms with Crippen molar-refractivity contribution in [3.8, 4) is 5.75 Å². The summed E-state index contributed by atoms with van der Waals surface area (Å²) in [6.07, 6.45) is 5.52. The molecule has 0 aromatic heterocycles. The SMILES string of the molecule is Cc1c(I)c(C)c(I)c(OC2CCCC2)c1I. The fourth-order valence-corrected chi connectivity index (χ4v) is 5.61. The van der Waals surface area contributed by atoms with Crippen LogP contribution in [0, 0.1) is 24.6 Å². The molecule has 1 aliphatic rings. The molecular formula is C13H15I3O. The van der Waals surface area contributed by atoms with Crippen LogP contribution in [-0.2, 0) is 0 Å². The van der Waals surface area contributed by atoms with Gasteiger partial charge in [-0.1, -0.05) is 0 Å². The molecule has 0 bridgehead atoms. The third kappa shape index (κ3) is 3.04. The summed E-state index contributed by atoms with van der Waals surface area (Å²) in [6.45, 7) is 4.38. The maximum Gasteiger partial charge on any atom is 0.146 e. The number of benzene rings is 1. The van der Waals surface area contributed by atoms with E-state index >= 15 is 0 Å². The van der Waals surface area contributed by atoms with E-state index in [2.05, 4.69) is 81.6 Å². The Morgan fingerprint density at radius 1 is 0.882 bits per heavy atom. The Hall–Kier alpha value is 1.21. The zero-order chi connectivity index (χ0) is 12.6. The number of rotatable bonds is 2. The van der Waals surface area contributed by atoms with Crippen molar-refractivity contribution in [1.82, 2.24) is 0 Å². The van der Waals surface area contributed by atoms with Crippen LogP contribution in [0.2, 0.25) is 0 Å². The van der Waals surface area contributed by atoms with E-state index in [1.54, 1.807) is 0 Å². The summed E-state index contributed by atoms with van der Waals surface area (Å²) in [5.74, 6) is 1.12. The molecule has 1 nitrogen and oxygen atoms in total. The van der Waals surface area contributed by atoms with E-state index in [9.17, 15) is 0 Å². The predicted molar refractivity (Wildman–Crippen MR) is 97.0 cm³/mol. The van der Waals surface area contributed by atoms with E-state index < -0.39 is 0 Å². The molecule has 1 saturated carbocycles. The molecule has 1 fully saturated rings. The number of hydrogen-bond donors (Lipinski definition) is 0. The number of ether oxygens (including phenoxy) is 1. The van der Waals surface area contributed by atoms with Crippen molar-refractivity contribution in [2.75, 3.05) is 0 Å². The minimum Gasteiger partial charge on any atom is -0.488 e. The van der Waals surface area contributed by atoms with E-state index in [-0.39, 0.29) is 0 Å². The molecule has 0 atom stereocenters. The van der Waals surface area contributed by atoms with E-state index in [4.69, 9.17) is 4.74 Å². The maximum atomic E-state index is 6.24. The van der Waals surface area contributed by atoms with Crippen molar-refractivity contribution in [1.29, 1.82) is 0 Å². The first-order valence-electron chi connectivity index (χ1n) is 5.82. The van der Waals surface area contributed by atoms with Gasteiger partial charge in [0.15, 0.2) is 0 Å². The van der Waals surface area contributed by atoms with Gasteiger partial charge in [-0.3, -0.25) is 0 Å². The highest BCUT2D eigenvalue weighted by Crippen LogP contribution is 2.38. The molecule has 1 aromatic carbocycles. The van der Waals surface area contributed by atoms with Gasteiger partial charge in [-0.05, 0) is 118 Å². The van der Waals surface area contributed by atoms with Crippen molar-refractivity contribution in [3.05, 3.63) is 21.8 Å². The van der Waals surface area contributed by atoms with Gasteiger partial charge in [0, 0.05) is 3.57 Å². The summed E-state index contributed by atoms with van der Waals surface area (Å²) in [6, 6.07) is 0. The standard InChI is InChI=1S/C13H15I3O/c1-7-10(14)8(2)12(16)13(11(7)15)17-9-5-3-4-6-9/h9H,3-6H2,1-2H3. The van der Waals surface area contributed by atoms with Crippen molar-refractivity contribution < 1.29 is 4.74 Å². The number of halogens is 3. The van der Waals surface area contributed by atoms with Gasteiger partial charge in [-0.25, -0.2) is 0 Å². The van der Waals surface area contributed by atoms with Gasteiger partial charge in [0.05, 0.1) is 13.2 Å². The fraction of sp³-hybridized carbons (Fsp3) is 0.538. The van der Waals surface area contributed by atoms with Crippen molar-refractivity contribution in [2.24, 2.45) is 0 Å². The van der Waals surface area contributed by atoms with Crippen LogP contribution in [-0.4, -0.2) is 6.10 Å². The predicted octanol–water partition coefficient (Wildman–Crippen LogP) is 5.44. The lowest BCUT2D eigenvalue weighted by molar-refractivity contribution is 0.206. The van der Waals surface area contributed by atoms with Gasteiger partial charge in [0.1, 0.15) is 5.75 Å². The molecule has 0 unspecified atom stereocenters. The molecule has 0 aliphatic heterocycles. The van der Waals surface area contributed by atoms with Crippen LogP contribution in [0.3, 0.4) is 0 Å². The second kappa shape index (κ2) is 6.11. The smallest absolute Gasteiger partial charge is 0.146 e. The summed E-state index contributed by atoms with van der Waals surface area (Å²) in [7, 11) is 0. The minimum atomic E-state index is 0.441. The van der Waals surface area contributed by atoms with Crippen LogP contribution >= 0.6 is 67.8 Å². The van der Waals surface area contributed by atoms with Crippen LogP contribution in [0.1, 0.15) is 36.8 Å². The van der Waals surface area contributed by atoms with Gasteiger partial charge in [0.2, 0.25) is 0 Å². The Morgan fingerprint density at radius 3 is 1.82 bits per heavy atom. The molecular weight excluding hydrogens is 553 g/mol. The Morgan fingerprint density at radius 2 is 1.35 bits per heavy atom. The second-order valence-electron chi connectivity index (χ2n) is 4.55. The van der Waals surface area contributed by atoms with Crippen molar-refractivity contribution in [2.45, 2.75) is 45.6 Å². The van der Waals surface area contributed by atoms with Crippen LogP contribution in [0.25, 0.3) is 0 Å². The highest BCUT2D eigenvalue weighted by atomic mass is 127. The average Bonchev–Trinajstić information content (AvgIpc) is 2.82. The molecule has 0 radical (unpaired) electrons. The highest BCUT2D eigenvalue weighted by Gasteiger charge is 2.22. The largest absolute Gasteiger partial charge is 0.488 e. The quantitative estimate of drug-likeness (QED) is 0.433. The molecule has 1 aromatic rings. The highest BCUT2D eigenvalue weighted by molar-refractivity contribution is 14.1. The van der Waals surface area contributed by atoms with Gasteiger partial charge in [0.25, 0.3) is 0 Å². The minimum absolute atomic E-state index is 0.441. The van der Waals surface area contributed by atoms with Gasteiger partial charge >= 0.3 is 0 Å². The zero-order valence-electron chi connectivity index (χ0n) is 9.95. The summed E-state index contributed by atoms with van der Waals surface area (Å²) in [5, 5.41) is 0. The molecule has 0 amide bonds. The third-order valence-electron chi connectivity index (χ3n) is 3.30. The van der Waals surface area contributed by atoms with Gasteiger partial charge < -0.3 is 4.74 Å². The van der Waals surface area contributed by atoms with Gasteiger partial charge in [-0.15, -0.1) is 0 Å². The molecule has 0 saturated heterocycles. The van der Waals surface area contributed by atoms with Crippen molar-refractivity contribution in [3.63, 3.8) is 0 Å². The van der Waals surface area contributed by atoms with Crippen LogP contribution < -0.4 is 4.74 Å². The summed E-state index contributed by atoms with van der Waals surface area (Å²) in [4.78, 5) is 0. The maximum absolute atomic E-state index is 6.24. The Balaban J connectivity index is 2.38. The van der Waals surface area contributed by atoms with Crippen LogP contribution in [0.5, 0.6) is 5.75 Å². The van der Waals surface area contributed by atoms with E-state index in [1.807, 2.05) is 0 Å². The average molecular weight is 568 g/mol. The first kappa shape index (κ1) is 14.6. The zero-order valence-corrected chi connectivity index (χ0v) is 16.4. The van der Waals surface area contributed by atoms with E-state index in [0.717, 1.165) is 5.75 Å². The molecule has 2 rings (SSSR count). The lowest BCUT2D eigenvalue weighted by atomic mass is 10.1. The first-order valence-corrected chi connectivity index (χ1v) is 9.06. The van der Waals surface area contributed by atoms with Crippen LogP contribution in [0.15, 0.2) is 0 Å². The molecule has 0 N–H and O–H groups in total.